The molecule has 0 aliphatic heterocycles. The van der Waals surface area contributed by atoms with Crippen molar-refractivity contribution in [3.63, 3.8) is 0 Å². The number of halogens is 2. The lowest BCUT2D eigenvalue weighted by molar-refractivity contribution is 0.0951. The van der Waals surface area contributed by atoms with E-state index in [1.807, 2.05) is 17.5 Å². The molecule has 4 nitrogen and oxygen atoms in total. The van der Waals surface area contributed by atoms with Crippen molar-refractivity contribution in [2.24, 2.45) is 0 Å². The van der Waals surface area contributed by atoms with Gasteiger partial charge in [0.25, 0.3) is 5.91 Å². The standard InChI is InChI=1S/C16H11BrClN3OS/c17-11-1-2-13(18)12(7-11)16(22)20-8-15-21-14(9-23-15)10-3-5-19-6-4-10/h1-7,9H,8H2,(H,20,22). The first-order valence-electron chi connectivity index (χ1n) is 6.71. The minimum Gasteiger partial charge on any atom is -0.345 e. The van der Waals surface area contributed by atoms with E-state index in [0.29, 0.717) is 17.1 Å². The summed E-state index contributed by atoms with van der Waals surface area (Å²) in [5.74, 6) is -0.225. The number of pyridine rings is 1. The van der Waals surface area contributed by atoms with Gasteiger partial charge < -0.3 is 5.32 Å². The first kappa shape index (κ1) is 16.1. The smallest absolute Gasteiger partial charge is 0.253 e. The van der Waals surface area contributed by atoms with Crippen molar-refractivity contribution >= 4 is 44.8 Å². The molecule has 1 aromatic carbocycles. The molecule has 1 amide bonds. The molecule has 3 aromatic rings. The van der Waals surface area contributed by atoms with E-state index in [4.69, 9.17) is 11.6 Å². The summed E-state index contributed by atoms with van der Waals surface area (Å²) >= 11 is 10.9. The number of thiazole rings is 1. The van der Waals surface area contributed by atoms with Crippen LogP contribution in [0.5, 0.6) is 0 Å². The first-order valence-corrected chi connectivity index (χ1v) is 8.76. The lowest BCUT2D eigenvalue weighted by atomic mass is 10.2. The molecule has 0 spiro atoms. The maximum absolute atomic E-state index is 12.2. The van der Waals surface area contributed by atoms with Crippen molar-refractivity contribution in [2.45, 2.75) is 6.54 Å². The quantitative estimate of drug-likeness (QED) is 0.689. The number of aromatic nitrogens is 2. The molecule has 7 heteroatoms. The molecule has 0 atom stereocenters. The Morgan fingerprint density at radius 3 is 2.83 bits per heavy atom. The molecule has 2 aromatic heterocycles. The highest BCUT2D eigenvalue weighted by atomic mass is 79.9. The molecule has 0 unspecified atom stereocenters. The van der Waals surface area contributed by atoms with Gasteiger partial charge in [-0.1, -0.05) is 27.5 Å². The van der Waals surface area contributed by atoms with Crippen molar-refractivity contribution in [1.82, 2.24) is 15.3 Å². The number of benzene rings is 1. The molecule has 23 heavy (non-hydrogen) atoms. The van der Waals surface area contributed by atoms with Crippen LogP contribution in [0, 0.1) is 0 Å². The number of rotatable bonds is 4. The van der Waals surface area contributed by atoms with Gasteiger partial charge in [-0.15, -0.1) is 11.3 Å². The zero-order valence-corrected chi connectivity index (χ0v) is 15.0. The van der Waals surface area contributed by atoms with Crippen molar-refractivity contribution in [3.05, 3.63) is 68.2 Å². The van der Waals surface area contributed by atoms with Gasteiger partial charge in [0, 0.05) is 27.8 Å². The number of hydrogen-bond acceptors (Lipinski definition) is 4. The van der Waals surface area contributed by atoms with Crippen LogP contribution in [-0.4, -0.2) is 15.9 Å². The number of amides is 1. The third kappa shape index (κ3) is 3.96. The summed E-state index contributed by atoms with van der Waals surface area (Å²) < 4.78 is 0.807. The van der Waals surface area contributed by atoms with Gasteiger partial charge in [0.05, 0.1) is 22.8 Å². The predicted molar refractivity (Wildman–Crippen MR) is 95.7 cm³/mol. The molecule has 2 heterocycles. The van der Waals surface area contributed by atoms with Gasteiger partial charge in [0.2, 0.25) is 0 Å². The lowest BCUT2D eigenvalue weighted by Crippen LogP contribution is -2.23. The van der Waals surface area contributed by atoms with Crippen LogP contribution >= 0.6 is 38.9 Å². The van der Waals surface area contributed by atoms with Crippen LogP contribution in [0.4, 0.5) is 0 Å². The van der Waals surface area contributed by atoms with Gasteiger partial charge in [-0.25, -0.2) is 4.98 Å². The molecule has 116 valence electrons. The van der Waals surface area contributed by atoms with Gasteiger partial charge in [-0.05, 0) is 30.3 Å². The maximum Gasteiger partial charge on any atom is 0.253 e. The highest BCUT2D eigenvalue weighted by Gasteiger charge is 2.12. The summed E-state index contributed by atoms with van der Waals surface area (Å²) in [6, 6.07) is 8.98. The molecule has 0 aliphatic rings. The zero-order chi connectivity index (χ0) is 16.2. The second-order valence-corrected chi connectivity index (χ2v) is 6.93. The minimum absolute atomic E-state index is 0.225. The van der Waals surface area contributed by atoms with E-state index in [0.717, 1.165) is 20.7 Å². The SMILES string of the molecule is O=C(NCc1nc(-c2ccncc2)cs1)c1cc(Br)ccc1Cl. The average molecular weight is 409 g/mol. The fourth-order valence-electron chi connectivity index (χ4n) is 1.97. The minimum atomic E-state index is -0.225. The van der Waals surface area contributed by atoms with Crippen LogP contribution < -0.4 is 5.32 Å². The predicted octanol–water partition coefficient (Wildman–Crippen LogP) is 4.55. The molecule has 0 radical (unpaired) electrons. The summed E-state index contributed by atoms with van der Waals surface area (Å²) in [5, 5.41) is 6.05. The number of carbonyl (C=O) groups excluding carboxylic acids is 1. The Labute approximate surface area is 150 Å². The maximum atomic E-state index is 12.2. The van der Waals surface area contributed by atoms with Crippen molar-refractivity contribution < 1.29 is 4.79 Å². The van der Waals surface area contributed by atoms with Gasteiger partial charge in [0.15, 0.2) is 0 Å². The first-order chi connectivity index (χ1) is 11.1. The van der Waals surface area contributed by atoms with E-state index in [-0.39, 0.29) is 5.91 Å². The molecule has 1 N–H and O–H groups in total. The van der Waals surface area contributed by atoms with Crippen LogP contribution in [-0.2, 0) is 6.54 Å². The highest BCUT2D eigenvalue weighted by Crippen LogP contribution is 2.22. The average Bonchev–Trinajstić information content (AvgIpc) is 3.05. The van der Waals surface area contributed by atoms with E-state index in [2.05, 4.69) is 31.2 Å². The Morgan fingerprint density at radius 1 is 1.26 bits per heavy atom. The number of nitrogens with one attached hydrogen (secondary N) is 1. The molecule has 0 fully saturated rings. The third-order valence-electron chi connectivity index (χ3n) is 3.10. The molecular weight excluding hydrogens is 398 g/mol. The number of hydrogen-bond donors (Lipinski definition) is 1. The Morgan fingerprint density at radius 2 is 2.04 bits per heavy atom. The highest BCUT2D eigenvalue weighted by molar-refractivity contribution is 9.10. The second-order valence-electron chi connectivity index (χ2n) is 4.67. The van der Waals surface area contributed by atoms with Crippen LogP contribution in [0.25, 0.3) is 11.3 Å². The molecule has 0 bridgehead atoms. The normalized spacial score (nSPS) is 10.5. The summed E-state index contributed by atoms with van der Waals surface area (Å²) in [6.45, 7) is 0.359. The third-order valence-corrected chi connectivity index (χ3v) is 4.77. The van der Waals surface area contributed by atoms with E-state index in [1.54, 1.807) is 30.6 Å². The molecule has 0 saturated carbocycles. The summed E-state index contributed by atoms with van der Waals surface area (Å²) in [5.41, 5.74) is 2.32. The van der Waals surface area contributed by atoms with Gasteiger partial charge in [-0.2, -0.15) is 0 Å². The Balaban J connectivity index is 1.68. The second kappa shape index (κ2) is 7.21. The molecule has 3 rings (SSSR count). The van der Waals surface area contributed by atoms with E-state index in [1.165, 1.54) is 11.3 Å². The van der Waals surface area contributed by atoms with E-state index < -0.39 is 0 Å². The van der Waals surface area contributed by atoms with Crippen molar-refractivity contribution in [3.8, 4) is 11.3 Å². The van der Waals surface area contributed by atoms with Crippen molar-refractivity contribution in [1.29, 1.82) is 0 Å². The Kier molecular flexibility index (Phi) is 5.05. The Bertz CT molecular complexity index is 838. The Hall–Kier alpha value is -1.76. The summed E-state index contributed by atoms with van der Waals surface area (Å²) in [6.07, 6.45) is 3.46. The zero-order valence-electron chi connectivity index (χ0n) is 11.8. The van der Waals surface area contributed by atoms with E-state index in [9.17, 15) is 4.79 Å². The molecule has 0 saturated heterocycles. The van der Waals surface area contributed by atoms with Gasteiger partial charge in [-0.3, -0.25) is 9.78 Å². The summed E-state index contributed by atoms with van der Waals surface area (Å²) in [4.78, 5) is 20.7. The monoisotopic (exact) mass is 407 g/mol. The van der Waals surface area contributed by atoms with Crippen LogP contribution in [0.1, 0.15) is 15.4 Å². The fraction of sp³-hybridized carbons (Fsp3) is 0.0625. The lowest BCUT2D eigenvalue weighted by Gasteiger charge is -2.05. The van der Waals surface area contributed by atoms with Crippen LogP contribution in [0.3, 0.4) is 0 Å². The van der Waals surface area contributed by atoms with E-state index >= 15 is 0 Å². The molecular formula is C16H11BrClN3OS. The fourth-order valence-corrected chi connectivity index (χ4v) is 3.28. The summed E-state index contributed by atoms with van der Waals surface area (Å²) in [7, 11) is 0. The number of nitrogens with zero attached hydrogens (tertiary/aromatic N) is 2. The van der Waals surface area contributed by atoms with Gasteiger partial charge in [0.1, 0.15) is 5.01 Å². The number of carbonyl (C=O) groups is 1. The largest absolute Gasteiger partial charge is 0.345 e. The topological polar surface area (TPSA) is 54.9 Å². The van der Waals surface area contributed by atoms with Gasteiger partial charge >= 0.3 is 0 Å². The van der Waals surface area contributed by atoms with Crippen LogP contribution in [0.15, 0.2) is 52.6 Å². The molecule has 0 aliphatic carbocycles. The van der Waals surface area contributed by atoms with Crippen molar-refractivity contribution in [2.75, 3.05) is 0 Å². The van der Waals surface area contributed by atoms with Crippen LogP contribution in [0.2, 0.25) is 5.02 Å².